The Kier molecular flexibility index (Phi) is 24.0. The number of carbonyl (C=O) groups is 9. The minimum Gasteiger partial charge on any atom is -0.476 e. The number of rotatable bonds is 35. The standard InChI is InChI=1S/C76H95N13O14S/c1-47(2)64(85-61(90)19-8-7-11-31-88-62(91)26-27-63(88)92)68(95)82-58(17-13-29-78-70(77)98)67(94)81-52-22-20-50(21-23-52)49(4)103-72(99)79-30-33-100-34-35-101-36-37-102-76-43-73(5)40-74(6,44-76)42-75(41-73,45-76)46-89-48(3)55(38-80-89)53-24-25-60(84-65(53)69(96)97)87-32-28-51-14-12-15-54(56(51)39-87)66(93)86-71-83-57-16-9-10-18-59(57)104-71/h9-10,12,14-16,18,20-27,38,47,49,58,64H,7-8,11,13,17,19,28-37,39-46H2,1-6H3,(H,79,99)(H,81,94)(H,82,95)(H,85,90)(H,96,97)(H3,77,78,98)(H,83,86,93)/t49?,58-,64-,73?,74?,75?,76?/m0/s1. The molecule has 4 saturated carbocycles. The maximum atomic E-state index is 13.8. The van der Waals surface area contributed by atoms with E-state index in [9.17, 15) is 48.3 Å². The number of unbranched alkanes of at least 4 members (excludes halogenated alkanes) is 2. The number of amides is 9. The number of hydrogen-bond donors (Lipinski definition) is 8. The molecule has 28 heteroatoms. The van der Waals surface area contributed by atoms with Crippen LogP contribution in [0.25, 0.3) is 21.3 Å². The first kappa shape index (κ1) is 75.5. The van der Waals surface area contributed by atoms with Crippen LogP contribution in [-0.2, 0) is 62.4 Å². The third-order valence-electron chi connectivity index (χ3n) is 20.5. The molecule has 9 N–H and O–H groups in total. The van der Waals surface area contributed by atoms with Crippen LogP contribution in [0.15, 0.2) is 97.2 Å². The van der Waals surface area contributed by atoms with Gasteiger partial charge in [-0.1, -0.05) is 81.9 Å². The number of carboxylic acids is 1. The zero-order valence-corrected chi connectivity index (χ0v) is 60.8. The van der Waals surface area contributed by atoms with E-state index >= 15 is 0 Å². The molecule has 4 fully saturated rings. The predicted octanol–water partition coefficient (Wildman–Crippen LogP) is 9.53. The van der Waals surface area contributed by atoms with Crippen molar-refractivity contribution >= 4 is 91.7 Å². The monoisotopic (exact) mass is 1450 g/mol. The van der Waals surface area contributed by atoms with E-state index in [2.05, 4.69) is 55.4 Å². The van der Waals surface area contributed by atoms with Crippen LogP contribution >= 0.6 is 11.3 Å². The van der Waals surface area contributed by atoms with Gasteiger partial charge in [0.1, 0.15) is 24.0 Å². The number of anilines is 3. The number of benzene rings is 3. The number of para-hydroxylation sites is 1. The molecule has 3 unspecified atom stereocenters. The van der Waals surface area contributed by atoms with Crippen LogP contribution in [0.1, 0.15) is 161 Å². The largest absolute Gasteiger partial charge is 0.476 e. The SMILES string of the molecule is Cc1c(-c2ccc(N3CCc4cccc(C(=O)Nc5nc6ccccc6s5)c4C3)nc2C(=O)O)cnn1CC12CC3(C)CC(C)(C1)CC(OCCOCCOCCNC(=O)OC(C)c1ccc(NC(=O)[C@H](CCCNC(N)=O)NC(=O)[C@@H](NC(=O)CCCCCN4C(=O)C=CC4=O)C(C)C)cc1)(C3)C2. The average molecular weight is 1450 g/mol. The zero-order chi connectivity index (χ0) is 73.9. The summed E-state index contributed by atoms with van der Waals surface area (Å²) in [6, 6.07) is 21.1. The van der Waals surface area contributed by atoms with E-state index in [1.54, 1.807) is 51.2 Å². The number of imide groups is 1. The van der Waals surface area contributed by atoms with E-state index in [1.165, 1.54) is 23.5 Å². The highest BCUT2D eigenvalue weighted by Crippen LogP contribution is 2.72. The van der Waals surface area contributed by atoms with Gasteiger partial charge < -0.3 is 61.3 Å². The van der Waals surface area contributed by atoms with E-state index in [0.29, 0.717) is 117 Å². The second-order valence-corrected chi connectivity index (χ2v) is 30.5. The number of fused-ring (bicyclic) bond motifs is 2. The molecule has 554 valence electrons. The molecule has 3 aromatic heterocycles. The summed E-state index contributed by atoms with van der Waals surface area (Å²) in [5.74, 6) is -3.41. The number of alkyl carbamates (subject to hydrolysis) is 1. The number of aromatic carboxylic acids is 1. The Morgan fingerprint density at radius 3 is 2.18 bits per heavy atom. The van der Waals surface area contributed by atoms with Crippen LogP contribution in [0.2, 0.25) is 0 Å². The lowest BCUT2D eigenvalue weighted by Gasteiger charge is -2.69. The van der Waals surface area contributed by atoms with E-state index in [4.69, 9.17) is 34.8 Å². The van der Waals surface area contributed by atoms with Gasteiger partial charge in [-0.15, -0.1) is 0 Å². The van der Waals surface area contributed by atoms with Crippen LogP contribution in [0.3, 0.4) is 0 Å². The lowest BCUT2D eigenvalue weighted by atomic mass is 9.39. The number of ether oxygens (including phenoxy) is 4. The van der Waals surface area contributed by atoms with Crippen molar-refractivity contribution in [2.45, 2.75) is 162 Å². The zero-order valence-electron chi connectivity index (χ0n) is 59.9. The van der Waals surface area contributed by atoms with Crippen LogP contribution < -0.4 is 42.5 Å². The van der Waals surface area contributed by atoms with Crippen molar-refractivity contribution in [3.8, 4) is 11.1 Å². The molecule has 6 aliphatic rings. The third-order valence-corrected chi connectivity index (χ3v) is 21.4. The number of nitrogens with zero attached hydrogens (tertiary/aromatic N) is 6. The molecule has 0 spiro atoms. The van der Waals surface area contributed by atoms with Crippen molar-refractivity contribution in [1.82, 2.24) is 45.9 Å². The van der Waals surface area contributed by atoms with Gasteiger partial charge in [-0.05, 0) is 166 Å². The molecule has 4 aliphatic carbocycles. The highest BCUT2D eigenvalue weighted by Gasteiger charge is 2.66. The molecule has 2 aliphatic heterocycles. The lowest BCUT2D eigenvalue weighted by Crippen LogP contribution is -2.64. The lowest BCUT2D eigenvalue weighted by molar-refractivity contribution is -0.250. The molecule has 104 heavy (non-hydrogen) atoms. The molecule has 5 atom stereocenters. The smallest absolute Gasteiger partial charge is 0.407 e. The molecule has 27 nitrogen and oxygen atoms in total. The maximum Gasteiger partial charge on any atom is 0.407 e. The number of nitrogens with two attached hydrogens (primary N) is 1. The first-order valence-corrected chi connectivity index (χ1v) is 36.7. The third kappa shape index (κ3) is 18.6. The summed E-state index contributed by atoms with van der Waals surface area (Å²) in [5.41, 5.74) is 11.3. The fourth-order valence-corrected chi connectivity index (χ4v) is 17.7. The van der Waals surface area contributed by atoms with Crippen LogP contribution in [0.4, 0.5) is 26.2 Å². The molecule has 5 heterocycles. The Bertz CT molecular complexity index is 4140. The summed E-state index contributed by atoms with van der Waals surface area (Å²) >= 11 is 1.42. The normalized spacial score (nSPS) is 21.0. The second-order valence-electron chi connectivity index (χ2n) is 29.5. The van der Waals surface area contributed by atoms with E-state index in [1.807, 2.05) is 66.4 Å². The number of carbonyl (C=O) groups excluding carboxylic acids is 8. The number of thiazole rings is 1. The van der Waals surface area contributed by atoms with Crippen molar-refractivity contribution in [3.05, 3.63) is 131 Å². The number of aromatic nitrogens is 4. The van der Waals surface area contributed by atoms with Crippen molar-refractivity contribution in [1.29, 1.82) is 0 Å². The Morgan fingerprint density at radius 1 is 0.731 bits per heavy atom. The first-order valence-electron chi connectivity index (χ1n) is 35.9. The molecular weight excluding hydrogens is 1350 g/mol. The van der Waals surface area contributed by atoms with Crippen LogP contribution in [0.5, 0.6) is 0 Å². The van der Waals surface area contributed by atoms with Gasteiger partial charge in [0.05, 0.1) is 55.0 Å². The highest BCUT2D eigenvalue weighted by atomic mass is 32.1. The van der Waals surface area contributed by atoms with Crippen LogP contribution in [0, 0.1) is 29.1 Å². The summed E-state index contributed by atoms with van der Waals surface area (Å²) in [6.07, 6.45) is 11.7. The van der Waals surface area contributed by atoms with E-state index in [-0.39, 0.29) is 96.2 Å². The molecule has 9 amide bonds. The molecule has 0 saturated heterocycles. The van der Waals surface area contributed by atoms with Gasteiger partial charge in [-0.25, -0.2) is 24.4 Å². The number of pyridine rings is 1. The molecular formula is C76H95N13O14S. The summed E-state index contributed by atoms with van der Waals surface area (Å²) in [7, 11) is 0. The van der Waals surface area contributed by atoms with Crippen LogP contribution in [-0.4, -0.2) is 160 Å². The Labute approximate surface area is 608 Å². The number of hydrogen-bond acceptors (Lipinski definition) is 18. The number of carboxylic acid groups (broad SMARTS) is 1. The highest BCUT2D eigenvalue weighted by molar-refractivity contribution is 7.22. The Hall–Kier alpha value is -9.64. The van der Waals surface area contributed by atoms with Gasteiger partial charge >= 0.3 is 18.1 Å². The summed E-state index contributed by atoms with van der Waals surface area (Å²) in [5, 5.41) is 32.8. The number of primary amides is 1. The van der Waals surface area contributed by atoms with Crippen molar-refractivity contribution in [3.63, 3.8) is 0 Å². The minimum atomic E-state index is -1.14. The van der Waals surface area contributed by atoms with Gasteiger partial charge in [0.25, 0.3) is 17.7 Å². The summed E-state index contributed by atoms with van der Waals surface area (Å²) < 4.78 is 27.4. The van der Waals surface area contributed by atoms with Gasteiger partial charge in [0.2, 0.25) is 17.7 Å². The second kappa shape index (κ2) is 33.0. The fraction of sp³-hybridized carbons (Fsp3) is 0.500. The molecule has 0 radical (unpaired) electrons. The molecule has 4 bridgehead atoms. The molecule has 3 aromatic carbocycles. The van der Waals surface area contributed by atoms with Gasteiger partial charge in [0.15, 0.2) is 10.8 Å². The van der Waals surface area contributed by atoms with Crippen molar-refractivity contribution < 1.29 is 67.2 Å². The molecule has 12 rings (SSSR count). The van der Waals surface area contributed by atoms with Gasteiger partial charge in [-0.3, -0.25) is 43.7 Å². The van der Waals surface area contributed by atoms with Gasteiger partial charge in [-0.2, -0.15) is 5.10 Å². The molecule has 6 aromatic rings. The average Bonchev–Trinajstić information content (AvgIpc) is 0.815. The van der Waals surface area contributed by atoms with E-state index < -0.39 is 48.1 Å². The number of nitrogens with one attached hydrogen (secondary N) is 6. The number of urea groups is 1. The Morgan fingerprint density at radius 2 is 1.46 bits per heavy atom. The first-order chi connectivity index (χ1) is 49.8. The minimum absolute atomic E-state index is 0.0607. The summed E-state index contributed by atoms with van der Waals surface area (Å²) in [6.45, 7) is 15.9. The van der Waals surface area contributed by atoms with E-state index in [0.717, 1.165) is 70.5 Å². The predicted molar refractivity (Wildman–Crippen MR) is 390 cm³/mol. The van der Waals surface area contributed by atoms with Gasteiger partial charge in [0, 0.05) is 85.9 Å². The fourth-order valence-electron chi connectivity index (χ4n) is 16.8. The topological polar surface area (TPSA) is 359 Å². The summed E-state index contributed by atoms with van der Waals surface area (Å²) in [4.78, 5) is 128. The quantitative estimate of drug-likeness (QED) is 0.0135. The van der Waals surface area contributed by atoms with Crippen molar-refractivity contribution in [2.75, 3.05) is 74.7 Å². The van der Waals surface area contributed by atoms with Crippen molar-refractivity contribution in [2.24, 2.45) is 27.9 Å². The maximum absolute atomic E-state index is 13.8. The Balaban J connectivity index is 0.596.